The van der Waals surface area contributed by atoms with Crippen molar-refractivity contribution in [3.63, 3.8) is 0 Å². The maximum atomic E-state index is 3.57. The fourth-order valence-electron chi connectivity index (χ4n) is 1.74. The van der Waals surface area contributed by atoms with Gasteiger partial charge in [0, 0.05) is 14.2 Å². The van der Waals surface area contributed by atoms with Gasteiger partial charge in [-0.3, -0.25) is 0 Å². The predicted molar refractivity (Wildman–Crippen MR) is 80.9 cm³/mol. The highest BCUT2D eigenvalue weighted by Crippen LogP contribution is 2.34. The Hall–Kier alpha value is -0.600. The van der Waals surface area contributed by atoms with Crippen LogP contribution in [0.5, 0.6) is 0 Å². The van der Waals surface area contributed by atoms with E-state index in [1.807, 2.05) is 11.3 Å². The first-order chi connectivity index (χ1) is 7.88. The maximum absolute atomic E-state index is 3.57. The van der Waals surface area contributed by atoms with Gasteiger partial charge in [0.05, 0.1) is 0 Å². The lowest BCUT2D eigenvalue weighted by atomic mass is 9.86. The van der Waals surface area contributed by atoms with E-state index in [9.17, 15) is 0 Å². The molecule has 0 N–H and O–H groups in total. The first-order valence-corrected chi connectivity index (χ1v) is 7.36. The van der Waals surface area contributed by atoms with E-state index in [0.717, 1.165) is 0 Å². The van der Waals surface area contributed by atoms with Crippen LogP contribution in [-0.2, 0) is 5.41 Å². The fraction of sp³-hybridized carbons (Fsp3) is 0.333. The van der Waals surface area contributed by atoms with Crippen LogP contribution in [0.4, 0.5) is 0 Å². The predicted octanol–water partition coefficient (Wildman–Crippen LogP) is 5.78. The summed E-state index contributed by atoms with van der Waals surface area (Å²) in [4.78, 5) is 2.66. The van der Waals surface area contributed by atoms with Gasteiger partial charge < -0.3 is 0 Å². The summed E-state index contributed by atoms with van der Waals surface area (Å²) in [6, 6.07) is 11.1. The summed E-state index contributed by atoms with van der Waals surface area (Å²) >= 11 is 5.40. The summed E-state index contributed by atoms with van der Waals surface area (Å²) in [7, 11) is 0. The molecule has 0 saturated carbocycles. The van der Waals surface area contributed by atoms with E-state index in [-0.39, 0.29) is 5.41 Å². The van der Waals surface area contributed by atoms with Crippen molar-refractivity contribution in [3.05, 3.63) is 45.2 Å². The van der Waals surface area contributed by atoms with Crippen molar-refractivity contribution in [2.24, 2.45) is 0 Å². The zero-order valence-corrected chi connectivity index (χ0v) is 13.1. The highest BCUT2D eigenvalue weighted by atomic mass is 79.9. The Morgan fingerprint density at radius 3 is 2.06 bits per heavy atom. The van der Waals surface area contributed by atoms with Crippen molar-refractivity contribution >= 4 is 27.3 Å². The van der Waals surface area contributed by atoms with Gasteiger partial charge in [-0.2, -0.15) is 0 Å². The van der Waals surface area contributed by atoms with Gasteiger partial charge in [0.1, 0.15) is 0 Å². The summed E-state index contributed by atoms with van der Waals surface area (Å²) in [5, 5.41) is 0. The largest absolute Gasteiger partial charge is 0.139 e. The standard InChI is InChI=1S/C15H17BrS/c1-10-13(16)9-14(17-10)11-5-7-12(8-6-11)15(2,3)4/h5-9H,1-4H3. The molecule has 0 amide bonds. The van der Waals surface area contributed by atoms with E-state index >= 15 is 0 Å². The van der Waals surface area contributed by atoms with Gasteiger partial charge in [0.25, 0.3) is 0 Å². The SMILES string of the molecule is Cc1sc(-c2ccc(C(C)(C)C)cc2)cc1Br. The molecular formula is C15H17BrS. The van der Waals surface area contributed by atoms with E-state index < -0.39 is 0 Å². The lowest BCUT2D eigenvalue weighted by molar-refractivity contribution is 0.590. The molecule has 0 aliphatic carbocycles. The molecule has 2 aromatic rings. The minimum atomic E-state index is 0.227. The number of benzene rings is 1. The Morgan fingerprint density at radius 1 is 1.06 bits per heavy atom. The third kappa shape index (κ3) is 2.80. The number of hydrogen-bond acceptors (Lipinski definition) is 1. The molecule has 0 nitrogen and oxygen atoms in total. The molecule has 0 aliphatic rings. The van der Waals surface area contributed by atoms with Crippen LogP contribution in [0.15, 0.2) is 34.8 Å². The van der Waals surface area contributed by atoms with Gasteiger partial charge in [0.2, 0.25) is 0 Å². The first kappa shape index (κ1) is 12.8. The van der Waals surface area contributed by atoms with Crippen molar-refractivity contribution in [1.82, 2.24) is 0 Å². The summed E-state index contributed by atoms with van der Waals surface area (Å²) in [6.45, 7) is 8.87. The van der Waals surface area contributed by atoms with Crippen LogP contribution >= 0.6 is 27.3 Å². The van der Waals surface area contributed by atoms with Crippen LogP contribution in [0.1, 0.15) is 31.2 Å². The van der Waals surface area contributed by atoms with Crippen molar-refractivity contribution in [3.8, 4) is 10.4 Å². The molecule has 2 heteroatoms. The quantitative estimate of drug-likeness (QED) is 0.626. The van der Waals surface area contributed by atoms with E-state index in [0.29, 0.717) is 0 Å². The Morgan fingerprint density at radius 2 is 1.65 bits per heavy atom. The normalized spacial score (nSPS) is 11.8. The molecule has 90 valence electrons. The molecule has 1 aromatic carbocycles. The maximum Gasteiger partial charge on any atom is 0.0357 e. The molecule has 17 heavy (non-hydrogen) atoms. The van der Waals surface area contributed by atoms with Crippen molar-refractivity contribution in [2.45, 2.75) is 33.1 Å². The molecule has 0 spiro atoms. The van der Waals surface area contributed by atoms with Crippen molar-refractivity contribution in [2.75, 3.05) is 0 Å². The summed E-state index contributed by atoms with van der Waals surface area (Å²) in [5.41, 5.74) is 2.91. The minimum absolute atomic E-state index is 0.227. The molecule has 2 rings (SSSR count). The van der Waals surface area contributed by atoms with Crippen LogP contribution in [0, 0.1) is 6.92 Å². The molecule has 0 saturated heterocycles. The highest BCUT2D eigenvalue weighted by Gasteiger charge is 2.13. The topological polar surface area (TPSA) is 0 Å². The Bertz CT molecular complexity index is 495. The van der Waals surface area contributed by atoms with Gasteiger partial charge in [0.15, 0.2) is 0 Å². The van der Waals surface area contributed by atoms with Gasteiger partial charge in [-0.25, -0.2) is 0 Å². The fourth-order valence-corrected chi connectivity index (χ4v) is 3.28. The molecular weight excluding hydrogens is 292 g/mol. The van der Waals surface area contributed by atoms with E-state index in [2.05, 4.69) is 74.0 Å². The Balaban J connectivity index is 2.36. The number of rotatable bonds is 1. The van der Waals surface area contributed by atoms with Crippen LogP contribution < -0.4 is 0 Å². The van der Waals surface area contributed by atoms with E-state index in [1.54, 1.807) is 0 Å². The minimum Gasteiger partial charge on any atom is -0.139 e. The second-order valence-electron chi connectivity index (χ2n) is 5.34. The van der Waals surface area contributed by atoms with E-state index in [4.69, 9.17) is 0 Å². The van der Waals surface area contributed by atoms with Gasteiger partial charge in [-0.15, -0.1) is 11.3 Å². The second kappa shape index (κ2) is 4.58. The zero-order valence-electron chi connectivity index (χ0n) is 10.7. The third-order valence-electron chi connectivity index (χ3n) is 2.89. The Labute approximate surface area is 116 Å². The van der Waals surface area contributed by atoms with Crippen LogP contribution in [0.25, 0.3) is 10.4 Å². The number of halogens is 1. The van der Waals surface area contributed by atoms with Crippen LogP contribution in [0.2, 0.25) is 0 Å². The lowest BCUT2D eigenvalue weighted by Gasteiger charge is -2.18. The molecule has 1 aromatic heterocycles. The van der Waals surface area contributed by atoms with Crippen LogP contribution in [-0.4, -0.2) is 0 Å². The smallest absolute Gasteiger partial charge is 0.0357 e. The molecule has 0 bridgehead atoms. The number of thiophene rings is 1. The third-order valence-corrected chi connectivity index (χ3v) is 5.08. The first-order valence-electron chi connectivity index (χ1n) is 5.75. The lowest BCUT2D eigenvalue weighted by Crippen LogP contribution is -2.10. The molecule has 0 unspecified atom stereocenters. The average Bonchev–Trinajstić information content (AvgIpc) is 2.58. The molecule has 0 fully saturated rings. The molecule has 1 heterocycles. The Kier molecular flexibility index (Phi) is 3.46. The number of aryl methyl sites for hydroxylation is 1. The van der Waals surface area contributed by atoms with Crippen molar-refractivity contribution in [1.29, 1.82) is 0 Å². The molecule has 0 atom stereocenters. The number of hydrogen-bond donors (Lipinski definition) is 0. The average molecular weight is 309 g/mol. The van der Waals surface area contributed by atoms with Gasteiger partial charge in [-0.05, 0) is 45.5 Å². The van der Waals surface area contributed by atoms with Crippen molar-refractivity contribution < 1.29 is 0 Å². The summed E-state index contributed by atoms with van der Waals surface area (Å²) in [6.07, 6.45) is 0. The van der Waals surface area contributed by atoms with Gasteiger partial charge in [-0.1, -0.05) is 45.0 Å². The second-order valence-corrected chi connectivity index (χ2v) is 7.45. The zero-order chi connectivity index (χ0) is 12.6. The summed E-state index contributed by atoms with van der Waals surface area (Å²) < 4.78 is 1.21. The van der Waals surface area contributed by atoms with Crippen LogP contribution in [0.3, 0.4) is 0 Å². The molecule has 0 aliphatic heterocycles. The van der Waals surface area contributed by atoms with E-state index in [1.165, 1.54) is 25.4 Å². The van der Waals surface area contributed by atoms with Gasteiger partial charge >= 0.3 is 0 Å². The summed E-state index contributed by atoms with van der Waals surface area (Å²) in [5.74, 6) is 0. The highest BCUT2D eigenvalue weighted by molar-refractivity contribution is 9.10. The molecule has 0 radical (unpaired) electrons. The monoisotopic (exact) mass is 308 g/mol.